The van der Waals surface area contributed by atoms with Gasteiger partial charge in [0.1, 0.15) is 11.3 Å². The lowest BCUT2D eigenvalue weighted by Crippen LogP contribution is -2.32. The molecule has 4 nitrogen and oxygen atoms in total. The van der Waals surface area contributed by atoms with E-state index in [1.807, 2.05) is 6.07 Å². The second-order valence-corrected chi connectivity index (χ2v) is 7.11. The Bertz CT molecular complexity index is 1070. The van der Waals surface area contributed by atoms with Gasteiger partial charge in [-0.25, -0.2) is 4.79 Å². The highest BCUT2D eigenvalue weighted by Gasteiger charge is 2.26. The van der Waals surface area contributed by atoms with Crippen LogP contribution in [0, 0.1) is 0 Å². The van der Waals surface area contributed by atoms with Gasteiger partial charge in [0.25, 0.3) is 0 Å². The highest BCUT2D eigenvalue weighted by Crippen LogP contribution is 2.37. The number of hydrogen-bond acceptors (Lipinski definition) is 4. The number of hydrogen-bond donors (Lipinski definition) is 0. The summed E-state index contributed by atoms with van der Waals surface area (Å²) in [6.45, 7) is 3.34. The van der Waals surface area contributed by atoms with E-state index < -0.39 is 0 Å². The van der Waals surface area contributed by atoms with Crippen molar-refractivity contribution in [3.63, 3.8) is 0 Å². The van der Waals surface area contributed by atoms with Crippen LogP contribution in [0.2, 0.25) is 0 Å². The standard InChI is InChI=1S/C22H21NO3/c1-2-14-5-3-6-15(11-14)23-12-19-20(25-13-23)10-9-17-16-7-4-8-18(16)22(24)26-21(17)19/h3,5-6,9-11H,2,4,7-8,12-13H2,1H3. The molecule has 26 heavy (non-hydrogen) atoms. The number of rotatable bonds is 2. The van der Waals surface area contributed by atoms with Crippen LogP contribution in [0.5, 0.6) is 5.75 Å². The molecule has 0 saturated heterocycles. The topological polar surface area (TPSA) is 42.7 Å². The molecule has 4 heteroatoms. The fourth-order valence-electron chi connectivity index (χ4n) is 4.19. The number of nitrogens with zero attached hydrogens (tertiary/aromatic N) is 1. The van der Waals surface area contributed by atoms with Gasteiger partial charge in [0, 0.05) is 16.6 Å². The molecule has 0 saturated carbocycles. The molecule has 0 radical (unpaired) electrons. The molecular weight excluding hydrogens is 326 g/mol. The SMILES string of the molecule is CCc1cccc(N2COc3ccc4c5c(c(=O)oc4c3C2)CCC5)c1. The maximum Gasteiger partial charge on any atom is 0.339 e. The summed E-state index contributed by atoms with van der Waals surface area (Å²) in [5.74, 6) is 0.821. The van der Waals surface area contributed by atoms with Crippen LogP contribution in [0.4, 0.5) is 5.69 Å². The lowest BCUT2D eigenvalue weighted by molar-refractivity contribution is 0.289. The maximum atomic E-state index is 12.4. The molecule has 2 aromatic carbocycles. The number of fused-ring (bicyclic) bond motifs is 5. The summed E-state index contributed by atoms with van der Waals surface area (Å²) in [6.07, 6.45) is 3.82. The zero-order valence-corrected chi connectivity index (χ0v) is 14.9. The van der Waals surface area contributed by atoms with Crippen molar-refractivity contribution in [1.29, 1.82) is 0 Å². The molecule has 2 heterocycles. The molecule has 0 fully saturated rings. The van der Waals surface area contributed by atoms with Crippen LogP contribution in [0.1, 0.15) is 35.6 Å². The Labute approximate surface area is 152 Å². The van der Waals surface area contributed by atoms with E-state index in [1.54, 1.807) is 0 Å². The Morgan fingerprint density at radius 1 is 1.08 bits per heavy atom. The molecule has 5 rings (SSSR count). The van der Waals surface area contributed by atoms with E-state index in [4.69, 9.17) is 9.15 Å². The quantitative estimate of drug-likeness (QED) is 0.652. The lowest BCUT2D eigenvalue weighted by atomic mass is 10.0. The average molecular weight is 347 g/mol. The number of anilines is 1. The Hall–Kier alpha value is -2.75. The molecule has 0 N–H and O–H groups in total. The second-order valence-electron chi connectivity index (χ2n) is 7.11. The Morgan fingerprint density at radius 3 is 2.85 bits per heavy atom. The van der Waals surface area contributed by atoms with Crippen molar-refractivity contribution in [2.75, 3.05) is 11.6 Å². The monoisotopic (exact) mass is 347 g/mol. The third-order valence-electron chi connectivity index (χ3n) is 5.61. The van der Waals surface area contributed by atoms with E-state index in [2.05, 4.69) is 42.2 Å². The first kappa shape index (κ1) is 15.5. The lowest BCUT2D eigenvalue weighted by Gasteiger charge is -2.31. The third-order valence-corrected chi connectivity index (χ3v) is 5.61. The smallest absolute Gasteiger partial charge is 0.339 e. The van der Waals surface area contributed by atoms with Crippen LogP contribution in [-0.4, -0.2) is 6.73 Å². The summed E-state index contributed by atoms with van der Waals surface area (Å²) in [6, 6.07) is 12.6. The predicted octanol–water partition coefficient (Wildman–Crippen LogP) is 4.20. The fourth-order valence-corrected chi connectivity index (χ4v) is 4.19. The summed E-state index contributed by atoms with van der Waals surface area (Å²) in [4.78, 5) is 14.6. The Morgan fingerprint density at radius 2 is 1.96 bits per heavy atom. The Kier molecular flexibility index (Phi) is 3.52. The van der Waals surface area contributed by atoms with Crippen molar-refractivity contribution >= 4 is 16.7 Å². The zero-order chi connectivity index (χ0) is 17.7. The largest absolute Gasteiger partial charge is 0.473 e. The van der Waals surface area contributed by atoms with Crippen molar-refractivity contribution in [2.45, 2.75) is 39.2 Å². The minimum Gasteiger partial charge on any atom is -0.473 e. The van der Waals surface area contributed by atoms with Gasteiger partial charge in [-0.3, -0.25) is 0 Å². The molecule has 0 unspecified atom stereocenters. The molecule has 0 spiro atoms. The van der Waals surface area contributed by atoms with E-state index in [-0.39, 0.29) is 5.63 Å². The molecule has 3 aromatic rings. The number of ether oxygens (including phenoxy) is 1. The van der Waals surface area contributed by atoms with Crippen LogP contribution in [0.3, 0.4) is 0 Å². The van der Waals surface area contributed by atoms with Crippen LogP contribution < -0.4 is 15.3 Å². The highest BCUT2D eigenvalue weighted by atomic mass is 16.5. The van der Waals surface area contributed by atoms with E-state index in [0.717, 1.165) is 53.6 Å². The molecule has 1 aliphatic heterocycles. The average Bonchev–Trinajstić information content (AvgIpc) is 3.18. The zero-order valence-electron chi connectivity index (χ0n) is 14.9. The summed E-state index contributed by atoms with van der Waals surface area (Å²) in [5, 5.41) is 1.07. The molecule has 1 aliphatic carbocycles. The van der Waals surface area contributed by atoms with Crippen LogP contribution >= 0.6 is 0 Å². The summed E-state index contributed by atoms with van der Waals surface area (Å²) in [5.41, 5.74) is 5.97. The highest BCUT2D eigenvalue weighted by molar-refractivity contribution is 5.87. The van der Waals surface area contributed by atoms with Crippen molar-refractivity contribution in [3.05, 3.63) is 69.1 Å². The van der Waals surface area contributed by atoms with E-state index in [1.165, 1.54) is 11.1 Å². The van der Waals surface area contributed by atoms with Gasteiger partial charge in [0.2, 0.25) is 0 Å². The van der Waals surface area contributed by atoms with Crippen molar-refractivity contribution in [1.82, 2.24) is 0 Å². The number of benzene rings is 2. The van der Waals surface area contributed by atoms with Gasteiger partial charge in [-0.2, -0.15) is 0 Å². The van der Waals surface area contributed by atoms with Crippen molar-refractivity contribution in [3.8, 4) is 5.75 Å². The summed E-state index contributed by atoms with van der Waals surface area (Å²) < 4.78 is 11.8. The van der Waals surface area contributed by atoms with Gasteiger partial charge in [-0.1, -0.05) is 19.1 Å². The van der Waals surface area contributed by atoms with Crippen molar-refractivity contribution in [2.24, 2.45) is 0 Å². The van der Waals surface area contributed by atoms with Crippen LogP contribution in [0.25, 0.3) is 11.0 Å². The van der Waals surface area contributed by atoms with Crippen LogP contribution in [0.15, 0.2) is 45.6 Å². The normalized spacial score (nSPS) is 15.7. The number of aryl methyl sites for hydroxylation is 2. The predicted molar refractivity (Wildman–Crippen MR) is 102 cm³/mol. The molecular formula is C22H21NO3. The van der Waals surface area contributed by atoms with E-state index in [9.17, 15) is 4.79 Å². The van der Waals surface area contributed by atoms with Gasteiger partial charge in [0.15, 0.2) is 6.73 Å². The molecule has 0 bridgehead atoms. The Balaban J connectivity index is 1.63. The molecule has 0 atom stereocenters. The molecule has 132 valence electrons. The second kappa shape index (κ2) is 5.90. The molecule has 1 aromatic heterocycles. The summed E-state index contributed by atoms with van der Waals surface area (Å²) in [7, 11) is 0. The van der Waals surface area contributed by atoms with Gasteiger partial charge >= 0.3 is 5.63 Å². The first-order chi connectivity index (χ1) is 12.7. The fraction of sp³-hybridized carbons (Fsp3) is 0.318. The first-order valence-corrected chi connectivity index (χ1v) is 9.31. The molecule has 2 aliphatic rings. The molecule has 0 amide bonds. The first-order valence-electron chi connectivity index (χ1n) is 9.31. The van der Waals surface area contributed by atoms with Gasteiger partial charge in [-0.05, 0) is 61.1 Å². The van der Waals surface area contributed by atoms with Crippen molar-refractivity contribution < 1.29 is 9.15 Å². The van der Waals surface area contributed by atoms with E-state index >= 15 is 0 Å². The third kappa shape index (κ3) is 2.32. The van der Waals surface area contributed by atoms with E-state index in [0.29, 0.717) is 18.9 Å². The van der Waals surface area contributed by atoms with Gasteiger partial charge < -0.3 is 14.1 Å². The van der Waals surface area contributed by atoms with Gasteiger partial charge in [0.05, 0.1) is 12.1 Å². The summed E-state index contributed by atoms with van der Waals surface area (Å²) >= 11 is 0. The maximum absolute atomic E-state index is 12.4. The van der Waals surface area contributed by atoms with Crippen LogP contribution in [-0.2, 0) is 25.8 Å². The minimum absolute atomic E-state index is 0.177. The van der Waals surface area contributed by atoms with Gasteiger partial charge in [-0.15, -0.1) is 0 Å². The minimum atomic E-state index is -0.177.